The van der Waals surface area contributed by atoms with E-state index in [0.717, 1.165) is 22.4 Å². The number of halogens is 1. The first-order valence-electron chi connectivity index (χ1n) is 7.51. The molecule has 1 aromatic carbocycles. The summed E-state index contributed by atoms with van der Waals surface area (Å²) >= 11 is 6.69. The van der Waals surface area contributed by atoms with Crippen molar-refractivity contribution in [2.24, 2.45) is 0 Å². The van der Waals surface area contributed by atoms with Gasteiger partial charge in [0.15, 0.2) is 5.65 Å². The van der Waals surface area contributed by atoms with Crippen LogP contribution < -0.4 is 0 Å². The molecule has 0 atom stereocenters. The second-order valence-corrected chi connectivity index (χ2v) is 7.07. The number of aromatic nitrogens is 2. The van der Waals surface area contributed by atoms with Crippen molar-refractivity contribution in [2.75, 3.05) is 0 Å². The number of nitriles is 1. The predicted molar refractivity (Wildman–Crippen MR) is 93.8 cm³/mol. The summed E-state index contributed by atoms with van der Waals surface area (Å²) in [5.74, 6) is 0. The van der Waals surface area contributed by atoms with Gasteiger partial charge in [-0.25, -0.2) is 4.98 Å². The topological polar surface area (TPSA) is 41.1 Å². The Labute approximate surface area is 141 Å². The largest absolute Gasteiger partial charge is 0.288 e. The van der Waals surface area contributed by atoms with E-state index in [1.165, 1.54) is 0 Å². The van der Waals surface area contributed by atoms with E-state index in [0.29, 0.717) is 16.4 Å². The highest BCUT2D eigenvalue weighted by Crippen LogP contribution is 2.36. The maximum Gasteiger partial charge on any atom is 0.156 e. The zero-order chi connectivity index (χ0) is 16.8. The van der Waals surface area contributed by atoms with Crippen molar-refractivity contribution in [3.05, 3.63) is 58.5 Å². The lowest BCUT2D eigenvalue weighted by molar-refractivity contribution is 0.573. The van der Waals surface area contributed by atoms with Crippen LogP contribution in [0.25, 0.3) is 16.8 Å². The predicted octanol–water partition coefficient (Wildman–Crippen LogP) is 5.13. The van der Waals surface area contributed by atoms with E-state index in [-0.39, 0.29) is 5.41 Å². The summed E-state index contributed by atoms with van der Waals surface area (Å²) in [5.41, 5.74) is 4.75. The monoisotopic (exact) mass is 323 g/mol. The fourth-order valence-corrected chi connectivity index (χ4v) is 3.09. The van der Waals surface area contributed by atoms with Gasteiger partial charge in [0.1, 0.15) is 11.2 Å². The zero-order valence-corrected chi connectivity index (χ0v) is 14.4. The number of hydrogen-bond acceptors (Lipinski definition) is 2. The molecule has 23 heavy (non-hydrogen) atoms. The Hall–Kier alpha value is -2.31. The van der Waals surface area contributed by atoms with Crippen molar-refractivity contribution in [3.63, 3.8) is 0 Å². The third-order valence-corrected chi connectivity index (χ3v) is 4.41. The minimum absolute atomic E-state index is 0.108. The SMILES string of the molecule is Cc1c(-c2ccccc2)c(Cl)n2cc(C(C)(C)C)nc2c1C#N. The molecule has 0 saturated heterocycles. The average molecular weight is 324 g/mol. The summed E-state index contributed by atoms with van der Waals surface area (Å²) in [5, 5.41) is 10.2. The van der Waals surface area contributed by atoms with E-state index < -0.39 is 0 Å². The molecule has 0 spiro atoms. The summed E-state index contributed by atoms with van der Waals surface area (Å²) < 4.78 is 1.83. The van der Waals surface area contributed by atoms with E-state index in [1.807, 2.05) is 47.9 Å². The fraction of sp³-hybridized carbons (Fsp3) is 0.263. The molecule has 116 valence electrons. The van der Waals surface area contributed by atoms with Gasteiger partial charge in [-0.15, -0.1) is 0 Å². The number of rotatable bonds is 1. The standard InChI is InChI=1S/C19H18ClN3/c1-12-14(10-21)18-22-15(19(2,3)4)11-23(18)17(20)16(12)13-8-6-5-7-9-13/h5-9,11H,1-4H3. The quantitative estimate of drug-likeness (QED) is 0.582. The molecule has 2 heterocycles. The van der Waals surface area contributed by atoms with Gasteiger partial charge in [-0.3, -0.25) is 4.40 Å². The van der Waals surface area contributed by atoms with Crippen LogP contribution in [0.1, 0.15) is 37.6 Å². The number of imidazole rings is 1. The van der Waals surface area contributed by atoms with Gasteiger partial charge in [-0.05, 0) is 18.1 Å². The highest BCUT2D eigenvalue weighted by Gasteiger charge is 2.23. The van der Waals surface area contributed by atoms with Crippen molar-refractivity contribution in [1.82, 2.24) is 9.38 Å². The van der Waals surface area contributed by atoms with Gasteiger partial charge < -0.3 is 0 Å². The molecule has 0 fully saturated rings. The van der Waals surface area contributed by atoms with Gasteiger partial charge in [0.2, 0.25) is 0 Å². The number of benzene rings is 1. The van der Waals surface area contributed by atoms with Crippen LogP contribution in [-0.4, -0.2) is 9.38 Å². The fourth-order valence-electron chi connectivity index (χ4n) is 2.71. The molecule has 0 bridgehead atoms. The van der Waals surface area contributed by atoms with Crippen molar-refractivity contribution < 1.29 is 0 Å². The lowest BCUT2D eigenvalue weighted by Crippen LogP contribution is -2.11. The van der Waals surface area contributed by atoms with E-state index in [2.05, 4.69) is 31.8 Å². The van der Waals surface area contributed by atoms with E-state index >= 15 is 0 Å². The average Bonchev–Trinajstić information content (AvgIpc) is 2.94. The Morgan fingerprint density at radius 1 is 1.17 bits per heavy atom. The minimum atomic E-state index is -0.108. The van der Waals surface area contributed by atoms with Crippen molar-refractivity contribution in [2.45, 2.75) is 33.1 Å². The maximum absolute atomic E-state index is 9.64. The molecule has 3 rings (SSSR count). The van der Waals surface area contributed by atoms with Gasteiger partial charge in [0.05, 0.1) is 11.3 Å². The molecule has 3 nitrogen and oxygen atoms in total. The third-order valence-electron chi connectivity index (χ3n) is 4.04. The summed E-state index contributed by atoms with van der Waals surface area (Å²) in [6.45, 7) is 8.22. The third kappa shape index (κ3) is 2.50. The van der Waals surface area contributed by atoms with Crippen LogP contribution >= 0.6 is 11.6 Å². The van der Waals surface area contributed by atoms with Crippen molar-refractivity contribution in [1.29, 1.82) is 5.26 Å². The zero-order valence-electron chi connectivity index (χ0n) is 13.7. The molecule has 0 N–H and O–H groups in total. The van der Waals surface area contributed by atoms with Crippen LogP contribution in [0.3, 0.4) is 0 Å². The lowest BCUT2D eigenvalue weighted by Gasteiger charge is -2.13. The number of hydrogen-bond donors (Lipinski definition) is 0. The van der Waals surface area contributed by atoms with Gasteiger partial charge in [-0.1, -0.05) is 62.7 Å². The van der Waals surface area contributed by atoms with Crippen LogP contribution in [0.4, 0.5) is 0 Å². The number of fused-ring (bicyclic) bond motifs is 1. The first kappa shape index (κ1) is 15.6. The van der Waals surface area contributed by atoms with Crippen LogP contribution in [0.15, 0.2) is 36.5 Å². The molecule has 0 unspecified atom stereocenters. The lowest BCUT2D eigenvalue weighted by atomic mass is 9.93. The Morgan fingerprint density at radius 2 is 1.83 bits per heavy atom. The summed E-state index contributed by atoms with van der Waals surface area (Å²) in [6.07, 6.45) is 1.93. The number of nitrogens with zero attached hydrogens (tertiary/aromatic N) is 3. The Morgan fingerprint density at radius 3 is 2.39 bits per heavy atom. The molecule has 0 aliphatic rings. The Bertz CT molecular complexity index is 925. The van der Waals surface area contributed by atoms with Gasteiger partial charge in [-0.2, -0.15) is 5.26 Å². The molecule has 0 amide bonds. The smallest absolute Gasteiger partial charge is 0.156 e. The summed E-state index contributed by atoms with van der Waals surface area (Å²) in [7, 11) is 0. The van der Waals surface area contributed by atoms with Crippen molar-refractivity contribution in [3.8, 4) is 17.2 Å². The van der Waals surface area contributed by atoms with Gasteiger partial charge >= 0.3 is 0 Å². The highest BCUT2D eigenvalue weighted by molar-refractivity contribution is 6.32. The van der Waals surface area contributed by atoms with Crippen LogP contribution in [0, 0.1) is 18.3 Å². The highest BCUT2D eigenvalue weighted by atomic mass is 35.5. The molecular weight excluding hydrogens is 306 g/mol. The molecule has 0 saturated carbocycles. The Balaban J connectivity index is 2.43. The van der Waals surface area contributed by atoms with E-state index in [9.17, 15) is 5.26 Å². The normalized spacial score (nSPS) is 11.7. The maximum atomic E-state index is 9.64. The molecular formula is C19H18ClN3. The summed E-state index contributed by atoms with van der Waals surface area (Å²) in [4.78, 5) is 4.67. The molecule has 0 aliphatic heterocycles. The Kier molecular flexibility index (Phi) is 3.66. The number of pyridine rings is 1. The summed E-state index contributed by atoms with van der Waals surface area (Å²) in [6, 6.07) is 12.2. The van der Waals surface area contributed by atoms with Crippen LogP contribution in [-0.2, 0) is 5.41 Å². The van der Waals surface area contributed by atoms with Crippen LogP contribution in [0.2, 0.25) is 5.15 Å². The van der Waals surface area contributed by atoms with Crippen LogP contribution in [0.5, 0.6) is 0 Å². The molecule has 4 heteroatoms. The van der Waals surface area contributed by atoms with Crippen molar-refractivity contribution >= 4 is 17.2 Å². The molecule has 0 radical (unpaired) electrons. The minimum Gasteiger partial charge on any atom is -0.288 e. The molecule has 2 aromatic heterocycles. The second-order valence-electron chi connectivity index (χ2n) is 6.71. The van der Waals surface area contributed by atoms with E-state index in [4.69, 9.17) is 11.6 Å². The first-order chi connectivity index (χ1) is 10.8. The first-order valence-corrected chi connectivity index (χ1v) is 7.89. The second kappa shape index (κ2) is 5.40. The van der Waals surface area contributed by atoms with Gasteiger partial charge in [0.25, 0.3) is 0 Å². The van der Waals surface area contributed by atoms with Gasteiger partial charge in [0, 0.05) is 17.2 Å². The van der Waals surface area contributed by atoms with E-state index in [1.54, 1.807) is 0 Å². The molecule has 3 aromatic rings. The molecule has 0 aliphatic carbocycles.